The van der Waals surface area contributed by atoms with Crippen molar-refractivity contribution in [2.24, 2.45) is 0 Å². The Balaban J connectivity index is 1.35. The number of aliphatic hydroxyl groups excluding tert-OH is 9. The largest absolute Gasteiger partial charge is 0.481 e. The van der Waals surface area contributed by atoms with Crippen LogP contribution in [0.2, 0.25) is 0 Å². The van der Waals surface area contributed by atoms with Crippen molar-refractivity contribution in [3.05, 3.63) is 0 Å². The van der Waals surface area contributed by atoms with Crippen LogP contribution in [0, 0.1) is 0 Å². The molecule has 0 amide bonds. The van der Waals surface area contributed by atoms with Crippen LogP contribution in [0.25, 0.3) is 0 Å². The molecule has 59 heavy (non-hydrogen) atoms. The van der Waals surface area contributed by atoms with Crippen molar-refractivity contribution in [1.82, 2.24) is 0 Å². The number of carboxylic acids is 1. The summed E-state index contributed by atoms with van der Waals surface area (Å²) in [6, 6.07) is 0. The summed E-state index contributed by atoms with van der Waals surface area (Å²) >= 11 is 0. The van der Waals surface area contributed by atoms with Crippen LogP contribution in [0.3, 0.4) is 0 Å². The third kappa shape index (κ3) is 13.6. The Kier molecular flexibility index (Phi) is 20.5. The number of hydrogen-bond donors (Lipinski definition) is 10. The van der Waals surface area contributed by atoms with Gasteiger partial charge in [0.25, 0.3) is 0 Å². The molecule has 0 aromatic carbocycles. The summed E-state index contributed by atoms with van der Waals surface area (Å²) in [5.41, 5.74) is 0. The molecule has 346 valence electrons. The Labute approximate surface area is 346 Å². The zero-order valence-corrected chi connectivity index (χ0v) is 35.0. The molecule has 0 aromatic rings. The smallest absolute Gasteiger partial charge is 0.303 e. The molecule has 0 aromatic heterocycles. The second-order valence-electron chi connectivity index (χ2n) is 16.7. The molecule has 0 saturated carbocycles. The van der Waals surface area contributed by atoms with Crippen molar-refractivity contribution in [2.45, 2.75) is 247 Å². The van der Waals surface area contributed by atoms with Crippen LogP contribution in [0.1, 0.15) is 118 Å². The number of carbonyl (C=O) groups is 1. The number of unbranched alkanes of at least 4 members (excludes halogenated alkanes) is 8. The third-order valence-electron chi connectivity index (χ3n) is 11.9. The summed E-state index contributed by atoms with van der Waals surface area (Å²) in [6.07, 6.45) is -17.3. The van der Waals surface area contributed by atoms with Crippen LogP contribution in [-0.4, -0.2) is 186 Å². The second-order valence-corrected chi connectivity index (χ2v) is 16.7. The summed E-state index contributed by atoms with van der Waals surface area (Å²) in [7, 11) is 0. The van der Waals surface area contributed by atoms with Crippen LogP contribution in [-0.2, 0) is 42.7 Å². The normalized spacial score (nSPS) is 43.7. The van der Waals surface area contributed by atoms with Crippen LogP contribution < -0.4 is 0 Å². The quantitative estimate of drug-likeness (QED) is 0.0638. The molecule has 21 atom stereocenters. The summed E-state index contributed by atoms with van der Waals surface area (Å²) in [5, 5.41) is 106. The first-order chi connectivity index (χ1) is 28.0. The fraction of sp³-hybridized carbons (Fsp3) is 0.975. The summed E-state index contributed by atoms with van der Waals surface area (Å²) in [5.74, 6) is -0.776. The standard InChI is InChI=1S/C40H72O19/c1-6-7-13-16-23(17-14-11-9-8-10-12-15-18-24(41)42)56-40-36(28(46)26(44)20(3)53-40)59-39-33(51)30(48)35(22(5)55-39)58-38-32(50)29(47)34(21(4)54-38)57-37-31(49)27(45)25(43)19(2)52-37/h19-23,25-40,43-51H,6-18H2,1-5H3,(H,41,42)/t19-,20+,21-,22-,23-,25-,26-,27+,28-,29-,30-,31+,32+,33+,34-,35-,36+,37-,38-,39-,40-/m0/s1. The van der Waals surface area contributed by atoms with E-state index in [-0.39, 0.29) is 12.5 Å². The molecule has 4 aliphatic heterocycles. The number of hydrogen-bond acceptors (Lipinski definition) is 18. The van der Waals surface area contributed by atoms with Crippen LogP contribution in [0.5, 0.6) is 0 Å². The molecule has 19 heteroatoms. The van der Waals surface area contributed by atoms with E-state index in [9.17, 15) is 50.8 Å². The number of aliphatic hydroxyl groups is 9. The van der Waals surface area contributed by atoms with Gasteiger partial charge in [0.15, 0.2) is 25.2 Å². The zero-order chi connectivity index (χ0) is 43.6. The van der Waals surface area contributed by atoms with Gasteiger partial charge in [0, 0.05) is 6.42 Å². The van der Waals surface area contributed by atoms with Crippen molar-refractivity contribution >= 4 is 5.97 Å². The summed E-state index contributed by atoms with van der Waals surface area (Å²) < 4.78 is 47.4. The number of ether oxygens (including phenoxy) is 8. The van der Waals surface area contributed by atoms with Gasteiger partial charge < -0.3 is 89.0 Å². The van der Waals surface area contributed by atoms with Gasteiger partial charge in [-0.3, -0.25) is 4.79 Å². The van der Waals surface area contributed by atoms with E-state index in [0.717, 1.165) is 64.2 Å². The Morgan fingerprint density at radius 1 is 0.458 bits per heavy atom. The van der Waals surface area contributed by atoms with Crippen LogP contribution >= 0.6 is 0 Å². The van der Waals surface area contributed by atoms with E-state index in [2.05, 4.69) is 6.92 Å². The van der Waals surface area contributed by atoms with Crippen molar-refractivity contribution < 1.29 is 93.8 Å². The Bertz CT molecular complexity index is 1220. The molecule has 0 unspecified atom stereocenters. The lowest BCUT2D eigenvalue weighted by Crippen LogP contribution is -2.66. The molecule has 4 rings (SSSR count). The highest BCUT2D eigenvalue weighted by Gasteiger charge is 2.54. The minimum Gasteiger partial charge on any atom is -0.481 e. The van der Waals surface area contributed by atoms with Gasteiger partial charge in [0.1, 0.15) is 73.2 Å². The first kappa shape index (κ1) is 50.4. The molecular weight excluding hydrogens is 784 g/mol. The minimum atomic E-state index is -1.78. The van der Waals surface area contributed by atoms with E-state index in [4.69, 9.17) is 43.0 Å². The lowest BCUT2D eigenvalue weighted by molar-refractivity contribution is -0.387. The fourth-order valence-electron chi connectivity index (χ4n) is 8.08. The molecule has 10 N–H and O–H groups in total. The lowest BCUT2D eigenvalue weighted by atomic mass is 9.96. The SMILES string of the molecule is CCCCC[C@@H](CCCCCCCCCC(=O)O)O[C@@H]1O[C@H](C)[C@H](O)[C@H](O)[C@H]1O[C@@H]1O[C@@H](C)[C@H](O[C@@H]2O[C@@H](C)[C@H](O[C@@H]3O[C@@H](C)[C@H](O)[C@@H](O)[C@H]3O)[C@@H](O)[C@H]2O)[C@@H](O)[C@H]1O. The molecule has 0 aliphatic carbocycles. The average molecular weight is 857 g/mol. The van der Waals surface area contributed by atoms with Crippen molar-refractivity contribution in [1.29, 1.82) is 0 Å². The molecule has 4 saturated heterocycles. The first-order valence-electron chi connectivity index (χ1n) is 21.5. The van der Waals surface area contributed by atoms with E-state index in [1.165, 1.54) is 20.8 Å². The molecular formula is C40H72O19. The predicted octanol–water partition coefficient (Wildman–Crippen LogP) is -0.0697. The highest BCUT2D eigenvalue weighted by molar-refractivity contribution is 5.66. The summed E-state index contributed by atoms with van der Waals surface area (Å²) in [6.45, 7) is 8.16. The van der Waals surface area contributed by atoms with Crippen molar-refractivity contribution in [3.63, 3.8) is 0 Å². The van der Waals surface area contributed by atoms with Gasteiger partial charge in [-0.15, -0.1) is 0 Å². The molecule has 4 heterocycles. The molecule has 19 nitrogen and oxygen atoms in total. The molecule has 0 spiro atoms. The maximum absolute atomic E-state index is 11.3. The Morgan fingerprint density at radius 2 is 0.831 bits per heavy atom. The number of carboxylic acid groups (broad SMARTS) is 1. The zero-order valence-electron chi connectivity index (χ0n) is 35.0. The Hall–Kier alpha value is -1.21. The van der Waals surface area contributed by atoms with Crippen molar-refractivity contribution in [2.75, 3.05) is 0 Å². The maximum Gasteiger partial charge on any atom is 0.303 e. The van der Waals surface area contributed by atoms with Gasteiger partial charge in [0.05, 0.1) is 30.5 Å². The summed E-state index contributed by atoms with van der Waals surface area (Å²) in [4.78, 5) is 10.7. The fourth-order valence-corrected chi connectivity index (χ4v) is 8.08. The topological polar surface area (TPSA) is 293 Å². The average Bonchev–Trinajstić information content (AvgIpc) is 3.19. The lowest BCUT2D eigenvalue weighted by Gasteiger charge is -2.48. The maximum atomic E-state index is 11.3. The van der Waals surface area contributed by atoms with E-state index in [0.29, 0.717) is 12.8 Å². The van der Waals surface area contributed by atoms with Crippen LogP contribution in [0.15, 0.2) is 0 Å². The van der Waals surface area contributed by atoms with Crippen LogP contribution in [0.4, 0.5) is 0 Å². The van der Waals surface area contributed by atoms with Gasteiger partial charge >= 0.3 is 5.97 Å². The highest BCUT2D eigenvalue weighted by Crippen LogP contribution is 2.35. The highest BCUT2D eigenvalue weighted by atomic mass is 16.8. The monoisotopic (exact) mass is 856 g/mol. The molecule has 0 bridgehead atoms. The predicted molar refractivity (Wildman–Crippen MR) is 204 cm³/mol. The van der Waals surface area contributed by atoms with E-state index in [1.54, 1.807) is 6.92 Å². The van der Waals surface area contributed by atoms with E-state index in [1.807, 2.05) is 0 Å². The van der Waals surface area contributed by atoms with Gasteiger partial charge in [0.2, 0.25) is 0 Å². The van der Waals surface area contributed by atoms with Gasteiger partial charge in [-0.2, -0.15) is 0 Å². The Morgan fingerprint density at radius 3 is 1.32 bits per heavy atom. The first-order valence-corrected chi connectivity index (χ1v) is 21.5. The van der Waals surface area contributed by atoms with Gasteiger partial charge in [-0.25, -0.2) is 0 Å². The van der Waals surface area contributed by atoms with Gasteiger partial charge in [-0.1, -0.05) is 64.7 Å². The second kappa shape index (κ2) is 24.0. The third-order valence-corrected chi connectivity index (χ3v) is 11.9. The van der Waals surface area contributed by atoms with Gasteiger partial charge in [-0.05, 0) is 47.0 Å². The van der Waals surface area contributed by atoms with Crippen molar-refractivity contribution in [3.8, 4) is 0 Å². The molecule has 4 fully saturated rings. The number of rotatable bonds is 22. The minimum absolute atomic E-state index is 0.187. The molecule has 0 radical (unpaired) electrons. The molecule has 4 aliphatic rings. The number of aliphatic carboxylic acids is 1. The van der Waals surface area contributed by atoms with E-state index >= 15 is 0 Å². The van der Waals surface area contributed by atoms with E-state index < -0.39 is 129 Å².